The number of hydrogen-bond donors (Lipinski definition) is 2. The van der Waals surface area contributed by atoms with Crippen LogP contribution < -0.4 is 10.2 Å². The number of rotatable bonds is 4. The molecule has 2 aromatic rings. The van der Waals surface area contributed by atoms with E-state index in [0.29, 0.717) is 36.6 Å². The molecule has 2 aliphatic heterocycles. The zero-order chi connectivity index (χ0) is 21.3. The lowest BCUT2D eigenvalue weighted by atomic mass is 9.84. The van der Waals surface area contributed by atoms with Gasteiger partial charge in [0.2, 0.25) is 5.91 Å². The van der Waals surface area contributed by atoms with Gasteiger partial charge in [0.15, 0.2) is 0 Å². The first-order valence-electron chi connectivity index (χ1n) is 9.83. The second-order valence-corrected chi connectivity index (χ2v) is 8.07. The summed E-state index contributed by atoms with van der Waals surface area (Å²) in [4.78, 5) is 40.4. The molecule has 156 valence electrons. The lowest BCUT2D eigenvalue weighted by Crippen LogP contribution is -2.47. The lowest BCUT2D eigenvalue weighted by Gasteiger charge is -2.38. The minimum Gasteiger partial charge on any atom is -0.385 e. The Hall–Kier alpha value is -2.90. The van der Waals surface area contributed by atoms with Crippen molar-refractivity contribution >= 4 is 35.1 Å². The van der Waals surface area contributed by atoms with Gasteiger partial charge in [-0.05, 0) is 42.7 Å². The number of nitrogens with zero attached hydrogens (tertiary/aromatic N) is 2. The summed E-state index contributed by atoms with van der Waals surface area (Å²) in [5, 5.41) is 14.2. The van der Waals surface area contributed by atoms with Crippen LogP contribution in [0.15, 0.2) is 54.6 Å². The van der Waals surface area contributed by atoms with Crippen LogP contribution in [0.3, 0.4) is 0 Å². The molecular formula is C22H22ClN3O4. The molecule has 0 aromatic heterocycles. The molecule has 2 saturated heterocycles. The maximum atomic E-state index is 12.7. The maximum absolute atomic E-state index is 12.7. The van der Waals surface area contributed by atoms with Crippen molar-refractivity contribution in [1.29, 1.82) is 0 Å². The van der Waals surface area contributed by atoms with Gasteiger partial charge in [-0.2, -0.15) is 0 Å². The fourth-order valence-electron chi connectivity index (χ4n) is 3.97. The smallest absolute Gasteiger partial charge is 0.329 e. The van der Waals surface area contributed by atoms with Gasteiger partial charge in [0.05, 0.1) is 17.7 Å². The minimum absolute atomic E-state index is 0.104. The molecule has 4 rings (SSSR count). The van der Waals surface area contributed by atoms with Crippen molar-refractivity contribution in [3.05, 3.63) is 65.2 Å². The number of hydrogen-bond acceptors (Lipinski definition) is 4. The summed E-state index contributed by atoms with van der Waals surface area (Å²) in [6, 6.07) is 14.3. The number of imide groups is 1. The third kappa shape index (κ3) is 3.91. The molecule has 2 fully saturated rings. The molecule has 2 aliphatic rings. The second kappa shape index (κ2) is 8.08. The van der Waals surface area contributed by atoms with Gasteiger partial charge in [0.1, 0.15) is 6.04 Å². The predicted octanol–water partition coefficient (Wildman–Crippen LogP) is 2.67. The van der Waals surface area contributed by atoms with E-state index in [-0.39, 0.29) is 12.3 Å². The Morgan fingerprint density at radius 3 is 2.33 bits per heavy atom. The standard InChI is InChI=1S/C22H22ClN3O4/c23-16-8-6-15(7-9-16)22(30)10-12-25(13-11-22)19(27)14-18-20(28)26(21(29)24-18)17-4-2-1-3-5-17/h1-9,18,30H,10-14H2,(H,24,29)/t18-/m1/s1. The minimum atomic E-state index is -1.01. The Kier molecular flexibility index (Phi) is 5.49. The highest BCUT2D eigenvalue weighted by molar-refractivity contribution is 6.30. The van der Waals surface area contributed by atoms with Crippen molar-refractivity contribution in [2.75, 3.05) is 18.0 Å². The Bertz CT molecular complexity index is 956. The van der Waals surface area contributed by atoms with Crippen LogP contribution in [0.2, 0.25) is 5.02 Å². The molecule has 0 spiro atoms. The fourth-order valence-corrected chi connectivity index (χ4v) is 4.10. The van der Waals surface area contributed by atoms with Gasteiger partial charge in [-0.3, -0.25) is 9.59 Å². The van der Waals surface area contributed by atoms with Gasteiger partial charge in [-0.15, -0.1) is 0 Å². The molecule has 4 amide bonds. The quantitative estimate of drug-likeness (QED) is 0.734. The SMILES string of the molecule is O=C(C[C@H]1NC(=O)N(c2ccccc2)C1=O)N1CCC(O)(c2ccc(Cl)cc2)CC1. The summed E-state index contributed by atoms with van der Waals surface area (Å²) in [5.74, 6) is -0.657. The molecule has 0 radical (unpaired) electrons. The highest BCUT2D eigenvalue weighted by Crippen LogP contribution is 2.33. The predicted molar refractivity (Wildman–Crippen MR) is 112 cm³/mol. The number of para-hydroxylation sites is 1. The molecule has 0 bridgehead atoms. The average Bonchev–Trinajstić information content (AvgIpc) is 3.02. The van der Waals surface area contributed by atoms with Gasteiger partial charge in [-0.25, -0.2) is 9.69 Å². The monoisotopic (exact) mass is 427 g/mol. The zero-order valence-corrected chi connectivity index (χ0v) is 17.0. The number of likely N-dealkylation sites (tertiary alicyclic amines) is 1. The summed E-state index contributed by atoms with van der Waals surface area (Å²) in [6.07, 6.45) is 0.677. The van der Waals surface area contributed by atoms with Crippen molar-refractivity contribution in [2.24, 2.45) is 0 Å². The number of aliphatic hydroxyl groups is 1. The van der Waals surface area contributed by atoms with Gasteiger partial charge in [0.25, 0.3) is 5.91 Å². The molecular weight excluding hydrogens is 406 g/mol. The molecule has 1 atom stereocenters. The number of halogens is 1. The molecule has 30 heavy (non-hydrogen) atoms. The van der Waals surface area contributed by atoms with Gasteiger partial charge in [-0.1, -0.05) is 41.9 Å². The molecule has 0 unspecified atom stereocenters. The van der Waals surface area contributed by atoms with Crippen molar-refractivity contribution in [3.8, 4) is 0 Å². The van der Waals surface area contributed by atoms with Crippen molar-refractivity contribution in [1.82, 2.24) is 10.2 Å². The fraction of sp³-hybridized carbons (Fsp3) is 0.318. The van der Waals surface area contributed by atoms with Crippen LogP contribution in [0.25, 0.3) is 0 Å². The number of nitrogens with one attached hydrogen (secondary N) is 1. The highest BCUT2D eigenvalue weighted by Gasteiger charge is 2.42. The Labute approximate surface area is 179 Å². The summed E-state index contributed by atoms with van der Waals surface area (Å²) >= 11 is 5.92. The third-order valence-electron chi connectivity index (χ3n) is 5.74. The van der Waals surface area contributed by atoms with E-state index in [2.05, 4.69) is 5.32 Å². The second-order valence-electron chi connectivity index (χ2n) is 7.63. The Morgan fingerprint density at radius 2 is 1.70 bits per heavy atom. The Balaban J connectivity index is 1.37. The number of amides is 4. The van der Waals surface area contributed by atoms with E-state index in [0.717, 1.165) is 10.5 Å². The molecule has 0 aliphatic carbocycles. The van der Waals surface area contributed by atoms with Crippen LogP contribution >= 0.6 is 11.6 Å². The van der Waals surface area contributed by atoms with Gasteiger partial charge < -0.3 is 15.3 Å². The van der Waals surface area contributed by atoms with E-state index in [1.807, 2.05) is 0 Å². The number of carbonyl (C=O) groups is 3. The first-order chi connectivity index (χ1) is 14.4. The van der Waals surface area contributed by atoms with Crippen LogP contribution in [0.1, 0.15) is 24.8 Å². The average molecular weight is 428 g/mol. The topological polar surface area (TPSA) is 90.0 Å². The van der Waals surface area contributed by atoms with E-state index < -0.39 is 23.6 Å². The van der Waals surface area contributed by atoms with E-state index in [4.69, 9.17) is 11.6 Å². The van der Waals surface area contributed by atoms with E-state index in [1.165, 1.54) is 0 Å². The number of carbonyl (C=O) groups excluding carboxylic acids is 3. The van der Waals surface area contributed by atoms with Crippen LogP contribution in [-0.4, -0.2) is 47.0 Å². The zero-order valence-electron chi connectivity index (χ0n) is 16.3. The molecule has 7 nitrogen and oxygen atoms in total. The van der Waals surface area contributed by atoms with Gasteiger partial charge in [0, 0.05) is 18.1 Å². The largest absolute Gasteiger partial charge is 0.385 e. The Morgan fingerprint density at radius 1 is 1.07 bits per heavy atom. The highest BCUT2D eigenvalue weighted by atomic mass is 35.5. The van der Waals surface area contributed by atoms with E-state index >= 15 is 0 Å². The maximum Gasteiger partial charge on any atom is 0.329 e. The van der Waals surface area contributed by atoms with Crippen LogP contribution in [0.5, 0.6) is 0 Å². The molecule has 8 heteroatoms. The first kappa shape index (κ1) is 20.4. The summed E-state index contributed by atoms with van der Waals surface area (Å²) < 4.78 is 0. The van der Waals surface area contributed by atoms with Crippen molar-refractivity contribution < 1.29 is 19.5 Å². The number of piperidine rings is 1. The summed E-state index contributed by atoms with van der Waals surface area (Å²) in [6.45, 7) is 0.741. The molecule has 0 saturated carbocycles. The van der Waals surface area contributed by atoms with Crippen LogP contribution in [-0.2, 0) is 15.2 Å². The van der Waals surface area contributed by atoms with Crippen molar-refractivity contribution in [3.63, 3.8) is 0 Å². The summed E-state index contributed by atoms with van der Waals surface area (Å²) in [7, 11) is 0. The van der Waals surface area contributed by atoms with E-state index in [9.17, 15) is 19.5 Å². The normalized spacial score (nSPS) is 20.9. The third-order valence-corrected chi connectivity index (χ3v) is 5.99. The first-order valence-corrected chi connectivity index (χ1v) is 10.2. The molecule has 2 aromatic carbocycles. The van der Waals surface area contributed by atoms with Crippen LogP contribution in [0.4, 0.5) is 10.5 Å². The lowest BCUT2D eigenvalue weighted by molar-refractivity contribution is -0.137. The van der Waals surface area contributed by atoms with E-state index in [1.54, 1.807) is 59.5 Å². The number of anilines is 1. The molecule has 2 heterocycles. The van der Waals surface area contributed by atoms with Crippen LogP contribution in [0, 0.1) is 0 Å². The molecule has 2 N–H and O–H groups in total. The summed E-state index contributed by atoms with van der Waals surface area (Å²) in [5.41, 5.74) is 0.236. The number of urea groups is 1. The number of benzene rings is 2. The van der Waals surface area contributed by atoms with Crippen molar-refractivity contribution in [2.45, 2.75) is 30.9 Å². The van der Waals surface area contributed by atoms with Gasteiger partial charge >= 0.3 is 6.03 Å².